The smallest absolute Gasteiger partial charge is 0.0589 e. The first-order valence-corrected chi connectivity index (χ1v) is 4.07. The van der Waals surface area contributed by atoms with Crippen LogP contribution in [0.5, 0.6) is 0 Å². The minimum atomic E-state index is 0.715. The van der Waals surface area contributed by atoms with E-state index in [-0.39, 0.29) is 0 Å². The molecule has 1 unspecified atom stereocenters. The van der Waals surface area contributed by atoms with E-state index in [1.807, 2.05) is 6.20 Å². The minimum absolute atomic E-state index is 0.715. The van der Waals surface area contributed by atoms with E-state index in [2.05, 4.69) is 23.8 Å². The van der Waals surface area contributed by atoms with E-state index in [0.29, 0.717) is 5.92 Å². The first kappa shape index (κ1) is 8.18. The largest absolute Gasteiger partial charge is 0.261 e. The first-order valence-electron chi connectivity index (χ1n) is 4.07. The molecule has 0 bridgehead atoms. The molecule has 1 rings (SSSR count). The van der Waals surface area contributed by atoms with Gasteiger partial charge in [-0.2, -0.15) is 0 Å². The first-order chi connectivity index (χ1) is 5.33. The Morgan fingerprint density at radius 2 is 2.27 bits per heavy atom. The molecule has 1 heterocycles. The van der Waals surface area contributed by atoms with Gasteiger partial charge >= 0.3 is 0 Å². The third kappa shape index (κ3) is 2.66. The third-order valence-electron chi connectivity index (χ3n) is 1.87. The summed E-state index contributed by atoms with van der Waals surface area (Å²) < 4.78 is 0. The lowest BCUT2D eigenvalue weighted by Crippen LogP contribution is -1.99. The van der Waals surface area contributed by atoms with E-state index in [0.717, 1.165) is 12.1 Å². The number of nitrogens with zero attached hydrogens (tertiary/aromatic N) is 2. The van der Waals surface area contributed by atoms with Crippen molar-refractivity contribution in [3.63, 3.8) is 0 Å². The van der Waals surface area contributed by atoms with Gasteiger partial charge in [-0.25, -0.2) is 0 Å². The van der Waals surface area contributed by atoms with E-state index in [9.17, 15) is 0 Å². The molecule has 0 saturated carbocycles. The van der Waals surface area contributed by atoms with Crippen LogP contribution in [0.2, 0.25) is 0 Å². The van der Waals surface area contributed by atoms with Crippen molar-refractivity contribution in [2.75, 3.05) is 0 Å². The van der Waals surface area contributed by atoms with Crippen LogP contribution in [0.15, 0.2) is 18.6 Å². The third-order valence-corrected chi connectivity index (χ3v) is 1.87. The highest BCUT2D eigenvalue weighted by molar-refractivity contribution is 4.95. The van der Waals surface area contributed by atoms with Gasteiger partial charge in [-0.15, -0.1) is 0 Å². The maximum absolute atomic E-state index is 4.20. The second-order valence-electron chi connectivity index (χ2n) is 2.91. The normalized spacial score (nSPS) is 12.9. The fraction of sp³-hybridized carbons (Fsp3) is 0.556. The fourth-order valence-electron chi connectivity index (χ4n) is 0.937. The molecule has 0 aromatic carbocycles. The van der Waals surface area contributed by atoms with Crippen molar-refractivity contribution < 1.29 is 0 Å². The van der Waals surface area contributed by atoms with E-state index < -0.39 is 0 Å². The van der Waals surface area contributed by atoms with Crippen molar-refractivity contribution in [2.24, 2.45) is 5.92 Å². The van der Waals surface area contributed by atoms with Crippen LogP contribution in [-0.2, 0) is 6.42 Å². The van der Waals surface area contributed by atoms with Crippen LogP contribution >= 0.6 is 0 Å². The van der Waals surface area contributed by atoms with Crippen molar-refractivity contribution in [3.05, 3.63) is 24.3 Å². The lowest BCUT2D eigenvalue weighted by atomic mass is 10.0. The Kier molecular flexibility index (Phi) is 3.02. The van der Waals surface area contributed by atoms with E-state index in [4.69, 9.17) is 0 Å². The summed E-state index contributed by atoms with van der Waals surface area (Å²) in [5.41, 5.74) is 1.10. The Bertz CT molecular complexity index is 196. The summed E-state index contributed by atoms with van der Waals surface area (Å²) in [6.45, 7) is 4.43. The van der Waals surface area contributed by atoms with Crippen LogP contribution in [0.1, 0.15) is 26.0 Å². The van der Waals surface area contributed by atoms with Gasteiger partial charge in [-0.3, -0.25) is 9.97 Å². The molecular formula is C9H14N2. The second-order valence-corrected chi connectivity index (χ2v) is 2.91. The van der Waals surface area contributed by atoms with Gasteiger partial charge in [0.05, 0.1) is 5.69 Å². The molecule has 0 aliphatic heterocycles. The number of hydrogen-bond donors (Lipinski definition) is 0. The van der Waals surface area contributed by atoms with Gasteiger partial charge in [0.1, 0.15) is 0 Å². The van der Waals surface area contributed by atoms with Crippen LogP contribution in [0.3, 0.4) is 0 Å². The predicted molar refractivity (Wildman–Crippen MR) is 45.2 cm³/mol. The van der Waals surface area contributed by atoms with Crippen LogP contribution < -0.4 is 0 Å². The summed E-state index contributed by atoms with van der Waals surface area (Å²) in [6, 6.07) is 0. The molecule has 0 aliphatic carbocycles. The lowest BCUT2D eigenvalue weighted by molar-refractivity contribution is 0.551. The highest BCUT2D eigenvalue weighted by Crippen LogP contribution is 2.07. The molecule has 0 fully saturated rings. The number of hydrogen-bond acceptors (Lipinski definition) is 2. The van der Waals surface area contributed by atoms with Crippen LogP contribution in [0, 0.1) is 5.92 Å². The maximum atomic E-state index is 4.20. The van der Waals surface area contributed by atoms with Gasteiger partial charge in [0.15, 0.2) is 0 Å². The average molecular weight is 150 g/mol. The molecule has 60 valence electrons. The van der Waals surface area contributed by atoms with Gasteiger partial charge in [0.25, 0.3) is 0 Å². The lowest BCUT2D eigenvalue weighted by Gasteiger charge is -2.05. The highest BCUT2D eigenvalue weighted by Gasteiger charge is 2.00. The molecule has 2 nitrogen and oxygen atoms in total. The Labute approximate surface area is 67.7 Å². The summed E-state index contributed by atoms with van der Waals surface area (Å²) in [7, 11) is 0. The van der Waals surface area contributed by atoms with Crippen LogP contribution in [0.4, 0.5) is 0 Å². The maximum Gasteiger partial charge on any atom is 0.0589 e. The van der Waals surface area contributed by atoms with Crippen molar-refractivity contribution in [1.29, 1.82) is 0 Å². The van der Waals surface area contributed by atoms with E-state index in [1.165, 1.54) is 6.42 Å². The summed E-state index contributed by atoms with van der Waals surface area (Å²) in [6.07, 6.45) is 7.55. The molecule has 0 N–H and O–H groups in total. The molecule has 0 radical (unpaired) electrons. The van der Waals surface area contributed by atoms with E-state index >= 15 is 0 Å². The zero-order valence-electron chi connectivity index (χ0n) is 7.12. The van der Waals surface area contributed by atoms with Crippen molar-refractivity contribution in [3.8, 4) is 0 Å². The van der Waals surface area contributed by atoms with Gasteiger partial charge < -0.3 is 0 Å². The second kappa shape index (κ2) is 4.06. The molecule has 1 aromatic heterocycles. The molecule has 0 aliphatic rings. The standard InChI is InChI=1S/C9H14N2/c1-3-8(2)6-9-7-10-4-5-11-9/h4-5,7-8H,3,6H2,1-2H3. The molecule has 1 atom stereocenters. The van der Waals surface area contributed by atoms with Crippen molar-refractivity contribution in [1.82, 2.24) is 9.97 Å². The Hall–Kier alpha value is -0.920. The molecule has 0 amide bonds. The van der Waals surface area contributed by atoms with Crippen LogP contribution in [-0.4, -0.2) is 9.97 Å². The highest BCUT2D eigenvalue weighted by atomic mass is 14.8. The quantitative estimate of drug-likeness (QED) is 0.659. The van der Waals surface area contributed by atoms with Crippen LogP contribution in [0.25, 0.3) is 0 Å². The molecular weight excluding hydrogens is 136 g/mol. The molecule has 0 spiro atoms. The van der Waals surface area contributed by atoms with Crippen molar-refractivity contribution in [2.45, 2.75) is 26.7 Å². The molecule has 2 heteroatoms. The average Bonchev–Trinajstić information content (AvgIpc) is 2.06. The SMILES string of the molecule is CCC(C)Cc1cnccn1. The Balaban J connectivity index is 2.51. The summed E-state index contributed by atoms with van der Waals surface area (Å²) in [5.74, 6) is 0.715. The van der Waals surface area contributed by atoms with Gasteiger partial charge in [-0.05, 0) is 12.3 Å². The van der Waals surface area contributed by atoms with Gasteiger partial charge in [0, 0.05) is 18.6 Å². The van der Waals surface area contributed by atoms with Gasteiger partial charge in [-0.1, -0.05) is 20.3 Å². The van der Waals surface area contributed by atoms with Crippen molar-refractivity contribution >= 4 is 0 Å². The Morgan fingerprint density at radius 3 is 2.82 bits per heavy atom. The molecule has 1 aromatic rings. The van der Waals surface area contributed by atoms with E-state index in [1.54, 1.807) is 12.4 Å². The number of aromatic nitrogens is 2. The fourth-order valence-corrected chi connectivity index (χ4v) is 0.937. The van der Waals surface area contributed by atoms with Gasteiger partial charge in [0.2, 0.25) is 0 Å². The zero-order valence-corrected chi connectivity index (χ0v) is 7.12. The predicted octanol–water partition coefficient (Wildman–Crippen LogP) is 2.07. The summed E-state index contributed by atoms with van der Waals surface area (Å²) in [5, 5.41) is 0. The Morgan fingerprint density at radius 1 is 1.45 bits per heavy atom. The summed E-state index contributed by atoms with van der Waals surface area (Å²) >= 11 is 0. The molecule has 11 heavy (non-hydrogen) atoms. The minimum Gasteiger partial charge on any atom is -0.261 e. The zero-order chi connectivity index (χ0) is 8.10. The molecule has 0 saturated heterocycles. The monoisotopic (exact) mass is 150 g/mol. The topological polar surface area (TPSA) is 25.8 Å². The number of rotatable bonds is 3. The summed E-state index contributed by atoms with van der Waals surface area (Å²) in [4.78, 5) is 8.21.